The number of hydrogen-bond donors (Lipinski definition) is 0. The molecule has 1 aliphatic heterocycles. The van der Waals surface area contributed by atoms with E-state index in [9.17, 15) is 18.8 Å². The minimum atomic E-state index is -0.846. The Morgan fingerprint density at radius 1 is 1.07 bits per heavy atom. The second-order valence-corrected chi connectivity index (χ2v) is 6.88. The lowest BCUT2D eigenvalue weighted by Gasteiger charge is -2.31. The van der Waals surface area contributed by atoms with E-state index in [4.69, 9.17) is 14.2 Å². The average Bonchev–Trinajstić information content (AvgIpc) is 2.64. The van der Waals surface area contributed by atoms with E-state index in [0.717, 1.165) is 13.2 Å². The summed E-state index contributed by atoms with van der Waals surface area (Å²) in [6, 6.07) is 3.70. The molecular formula is C19H22FNO7. The van der Waals surface area contributed by atoms with Gasteiger partial charge in [0.15, 0.2) is 0 Å². The SMILES string of the molecule is COC(=O)C1=C(C(=O)OC)N(c2ccc(C(=O)OC(C)(C)C)c(F)c2)COC1. The average molecular weight is 395 g/mol. The van der Waals surface area contributed by atoms with Crippen molar-refractivity contribution in [2.75, 3.05) is 32.5 Å². The largest absolute Gasteiger partial charge is 0.466 e. The van der Waals surface area contributed by atoms with Gasteiger partial charge in [0.2, 0.25) is 0 Å². The molecule has 8 nitrogen and oxygen atoms in total. The number of nitrogens with zero attached hydrogens (tertiary/aromatic N) is 1. The number of benzene rings is 1. The molecular weight excluding hydrogens is 373 g/mol. The van der Waals surface area contributed by atoms with E-state index in [2.05, 4.69) is 4.74 Å². The Kier molecular flexibility index (Phi) is 6.40. The van der Waals surface area contributed by atoms with Crippen LogP contribution in [0.2, 0.25) is 0 Å². The molecule has 0 radical (unpaired) electrons. The summed E-state index contributed by atoms with van der Waals surface area (Å²) in [5, 5.41) is 0. The smallest absolute Gasteiger partial charge is 0.355 e. The first-order valence-corrected chi connectivity index (χ1v) is 8.37. The van der Waals surface area contributed by atoms with Gasteiger partial charge in [0.25, 0.3) is 0 Å². The fraction of sp³-hybridized carbons (Fsp3) is 0.421. The van der Waals surface area contributed by atoms with E-state index in [0.29, 0.717) is 0 Å². The number of hydrogen-bond acceptors (Lipinski definition) is 8. The minimum Gasteiger partial charge on any atom is -0.466 e. The fourth-order valence-electron chi connectivity index (χ4n) is 2.52. The summed E-state index contributed by atoms with van der Waals surface area (Å²) in [6.07, 6.45) is 0. The lowest BCUT2D eigenvalue weighted by molar-refractivity contribution is -0.140. The van der Waals surface area contributed by atoms with Gasteiger partial charge in [-0.2, -0.15) is 0 Å². The lowest BCUT2D eigenvalue weighted by atomic mass is 10.1. The maximum absolute atomic E-state index is 14.6. The monoisotopic (exact) mass is 395 g/mol. The van der Waals surface area contributed by atoms with Crippen molar-refractivity contribution in [2.24, 2.45) is 0 Å². The van der Waals surface area contributed by atoms with Crippen LogP contribution in [0.3, 0.4) is 0 Å². The van der Waals surface area contributed by atoms with Crippen LogP contribution in [0.5, 0.6) is 0 Å². The van der Waals surface area contributed by atoms with E-state index in [1.165, 1.54) is 24.1 Å². The third-order valence-electron chi connectivity index (χ3n) is 3.72. The summed E-state index contributed by atoms with van der Waals surface area (Å²) in [4.78, 5) is 37.6. The standard InChI is InChI=1S/C19H22FNO7/c1-19(2,3)28-17(23)12-7-6-11(8-14(12)20)21-10-27-9-13(16(22)25-4)15(21)18(24)26-5/h6-8H,9-10H2,1-5H3. The Bertz CT molecular complexity index is 826. The molecule has 0 amide bonds. The van der Waals surface area contributed by atoms with Gasteiger partial charge >= 0.3 is 17.9 Å². The molecule has 152 valence electrons. The van der Waals surface area contributed by atoms with Gasteiger partial charge in [-0.15, -0.1) is 0 Å². The summed E-state index contributed by atoms with van der Waals surface area (Å²) in [6.45, 7) is 4.72. The molecule has 1 aliphatic rings. The molecule has 9 heteroatoms. The van der Waals surface area contributed by atoms with Crippen LogP contribution in [-0.4, -0.2) is 51.1 Å². The molecule has 2 rings (SSSR count). The van der Waals surface area contributed by atoms with Gasteiger partial charge in [0.1, 0.15) is 23.8 Å². The van der Waals surface area contributed by atoms with Crippen molar-refractivity contribution in [3.05, 3.63) is 40.8 Å². The van der Waals surface area contributed by atoms with E-state index in [1.54, 1.807) is 20.8 Å². The Morgan fingerprint density at radius 2 is 1.71 bits per heavy atom. The maximum atomic E-state index is 14.6. The Morgan fingerprint density at radius 3 is 2.25 bits per heavy atom. The van der Waals surface area contributed by atoms with Crippen molar-refractivity contribution >= 4 is 23.6 Å². The van der Waals surface area contributed by atoms with Crippen molar-refractivity contribution in [2.45, 2.75) is 26.4 Å². The van der Waals surface area contributed by atoms with Crippen LogP contribution in [0.1, 0.15) is 31.1 Å². The van der Waals surface area contributed by atoms with E-state index in [1.807, 2.05) is 0 Å². The third kappa shape index (κ3) is 4.66. The van der Waals surface area contributed by atoms with Crippen LogP contribution in [0.15, 0.2) is 29.5 Å². The second-order valence-electron chi connectivity index (χ2n) is 6.88. The van der Waals surface area contributed by atoms with E-state index < -0.39 is 29.3 Å². The van der Waals surface area contributed by atoms with Crippen LogP contribution < -0.4 is 4.90 Å². The number of carbonyl (C=O) groups excluding carboxylic acids is 3. The molecule has 1 heterocycles. The molecule has 0 bridgehead atoms. The first-order valence-electron chi connectivity index (χ1n) is 8.37. The first kappa shape index (κ1) is 21.4. The van der Waals surface area contributed by atoms with Crippen molar-refractivity contribution in [1.82, 2.24) is 0 Å². The van der Waals surface area contributed by atoms with Gasteiger partial charge in [0.05, 0.1) is 32.0 Å². The Hall–Kier alpha value is -2.94. The molecule has 0 saturated heterocycles. The molecule has 0 N–H and O–H groups in total. The molecule has 0 unspecified atom stereocenters. The highest BCUT2D eigenvalue weighted by atomic mass is 19.1. The summed E-state index contributed by atoms with van der Waals surface area (Å²) in [7, 11) is 2.32. The summed E-state index contributed by atoms with van der Waals surface area (Å²) >= 11 is 0. The minimum absolute atomic E-state index is 0.0581. The zero-order valence-corrected chi connectivity index (χ0v) is 16.3. The number of halogens is 1. The van der Waals surface area contributed by atoms with Crippen molar-refractivity contribution in [3.8, 4) is 0 Å². The highest BCUT2D eigenvalue weighted by Crippen LogP contribution is 2.28. The molecule has 1 aromatic carbocycles. The molecule has 0 fully saturated rings. The van der Waals surface area contributed by atoms with Crippen LogP contribution >= 0.6 is 0 Å². The van der Waals surface area contributed by atoms with Gasteiger partial charge < -0.3 is 23.8 Å². The van der Waals surface area contributed by atoms with Gasteiger partial charge in [-0.05, 0) is 39.0 Å². The predicted molar refractivity (Wildman–Crippen MR) is 95.9 cm³/mol. The quantitative estimate of drug-likeness (QED) is 0.566. The van der Waals surface area contributed by atoms with Crippen molar-refractivity contribution < 1.29 is 37.7 Å². The molecule has 0 aromatic heterocycles. The van der Waals surface area contributed by atoms with Gasteiger partial charge in [0, 0.05) is 5.69 Å². The zero-order valence-electron chi connectivity index (χ0n) is 16.3. The predicted octanol–water partition coefficient (Wildman–Crippen LogP) is 2.18. The topological polar surface area (TPSA) is 91.4 Å². The van der Waals surface area contributed by atoms with Gasteiger partial charge in [-0.1, -0.05) is 0 Å². The second kappa shape index (κ2) is 8.39. The highest BCUT2D eigenvalue weighted by Gasteiger charge is 2.33. The van der Waals surface area contributed by atoms with E-state index in [-0.39, 0.29) is 35.9 Å². The fourth-order valence-corrected chi connectivity index (χ4v) is 2.52. The third-order valence-corrected chi connectivity index (χ3v) is 3.72. The highest BCUT2D eigenvalue weighted by molar-refractivity contribution is 6.03. The Balaban J connectivity index is 2.45. The van der Waals surface area contributed by atoms with Crippen LogP contribution in [-0.2, 0) is 28.5 Å². The molecule has 28 heavy (non-hydrogen) atoms. The van der Waals surface area contributed by atoms with Crippen molar-refractivity contribution in [1.29, 1.82) is 0 Å². The number of anilines is 1. The number of rotatable bonds is 4. The number of ether oxygens (including phenoxy) is 4. The first-order chi connectivity index (χ1) is 13.1. The number of carbonyl (C=O) groups is 3. The molecule has 0 atom stereocenters. The summed E-state index contributed by atoms with van der Waals surface area (Å²) in [5.74, 6) is -3.23. The van der Waals surface area contributed by atoms with Crippen LogP contribution in [0.25, 0.3) is 0 Å². The molecule has 0 saturated carbocycles. The van der Waals surface area contributed by atoms with Crippen LogP contribution in [0, 0.1) is 5.82 Å². The van der Waals surface area contributed by atoms with Gasteiger partial charge in [-0.25, -0.2) is 18.8 Å². The molecule has 0 spiro atoms. The summed E-state index contributed by atoms with van der Waals surface area (Å²) < 4.78 is 34.5. The summed E-state index contributed by atoms with van der Waals surface area (Å²) in [5.41, 5.74) is -1.03. The number of esters is 3. The van der Waals surface area contributed by atoms with Crippen LogP contribution in [0.4, 0.5) is 10.1 Å². The molecule has 0 aliphatic carbocycles. The zero-order chi connectivity index (χ0) is 21.1. The van der Waals surface area contributed by atoms with Gasteiger partial charge in [-0.3, -0.25) is 0 Å². The lowest BCUT2D eigenvalue weighted by Crippen LogP contribution is -2.38. The maximum Gasteiger partial charge on any atom is 0.355 e. The normalized spacial score (nSPS) is 14.6. The van der Waals surface area contributed by atoms with E-state index >= 15 is 0 Å². The Labute approximate surface area is 161 Å². The van der Waals surface area contributed by atoms with Crippen molar-refractivity contribution in [3.63, 3.8) is 0 Å². The molecule has 1 aromatic rings. The number of methoxy groups -OCH3 is 2.